The fraction of sp³-hybridized carbons (Fsp3) is 0.263. The molecule has 1 atom stereocenters. The monoisotopic (exact) mass is 343 g/mol. The van der Waals surface area contributed by atoms with Gasteiger partial charge in [-0.15, -0.1) is 6.42 Å². The summed E-state index contributed by atoms with van der Waals surface area (Å²) in [6.45, 7) is 0.0303. The van der Waals surface area contributed by atoms with Gasteiger partial charge < -0.3 is 0 Å². The van der Waals surface area contributed by atoms with Crippen molar-refractivity contribution in [3.8, 4) is 12.3 Å². The van der Waals surface area contributed by atoms with Crippen LogP contribution in [0.15, 0.2) is 48.5 Å². The molecular weight excluding hydrogens is 325 g/mol. The third kappa shape index (κ3) is 3.35. The highest BCUT2D eigenvalue weighted by atomic mass is 32.2. The molecule has 24 heavy (non-hydrogen) atoms. The Hall–Kier alpha value is -2.16. The lowest BCUT2D eigenvalue weighted by molar-refractivity contribution is 0.351. The zero-order valence-electron chi connectivity index (χ0n) is 13.2. The molecule has 0 heterocycles. The molecule has 1 unspecified atom stereocenters. The number of terminal acetylenes is 1. The van der Waals surface area contributed by atoms with Gasteiger partial charge in [0.15, 0.2) is 0 Å². The Morgan fingerprint density at radius 3 is 2.58 bits per heavy atom. The second kappa shape index (κ2) is 6.76. The molecule has 3 rings (SSSR count). The van der Waals surface area contributed by atoms with Crippen molar-refractivity contribution in [2.24, 2.45) is 0 Å². The zero-order valence-corrected chi connectivity index (χ0v) is 14.0. The summed E-state index contributed by atoms with van der Waals surface area (Å²) in [7, 11) is -3.61. The summed E-state index contributed by atoms with van der Waals surface area (Å²) < 4.78 is 40.2. The minimum atomic E-state index is -3.61. The number of aryl methyl sites for hydroxylation is 1. The molecule has 0 bridgehead atoms. The molecule has 0 spiro atoms. The molecule has 3 nitrogen and oxygen atoms in total. The molecule has 0 saturated heterocycles. The molecular formula is C19H18FNO2S. The predicted molar refractivity (Wildman–Crippen MR) is 92.1 cm³/mol. The van der Waals surface area contributed by atoms with Crippen LogP contribution in [0, 0.1) is 18.2 Å². The maximum absolute atomic E-state index is 13.0. The van der Waals surface area contributed by atoms with Crippen molar-refractivity contribution in [2.45, 2.75) is 24.6 Å². The third-order valence-electron chi connectivity index (χ3n) is 4.32. The lowest BCUT2D eigenvalue weighted by Gasteiger charge is -2.27. The van der Waals surface area contributed by atoms with E-state index in [1.165, 1.54) is 34.1 Å². The van der Waals surface area contributed by atoms with Gasteiger partial charge in [0.2, 0.25) is 10.0 Å². The van der Waals surface area contributed by atoms with Crippen molar-refractivity contribution in [1.82, 2.24) is 4.31 Å². The number of benzene rings is 2. The summed E-state index contributed by atoms with van der Waals surface area (Å²) in [5, 5.41) is 0. The van der Waals surface area contributed by atoms with Gasteiger partial charge in [-0.05, 0) is 41.7 Å². The van der Waals surface area contributed by atoms with Gasteiger partial charge in [0.05, 0.1) is 18.3 Å². The van der Waals surface area contributed by atoms with Gasteiger partial charge >= 0.3 is 0 Å². The molecule has 0 radical (unpaired) electrons. The topological polar surface area (TPSA) is 37.4 Å². The minimum Gasteiger partial charge on any atom is -0.212 e. The van der Waals surface area contributed by atoms with Crippen LogP contribution in [0.25, 0.3) is 0 Å². The number of halogens is 1. The van der Waals surface area contributed by atoms with Crippen molar-refractivity contribution in [3.63, 3.8) is 0 Å². The van der Waals surface area contributed by atoms with E-state index < -0.39 is 10.0 Å². The quantitative estimate of drug-likeness (QED) is 0.782. The molecule has 0 aromatic heterocycles. The fourth-order valence-electron chi connectivity index (χ4n) is 3.20. The van der Waals surface area contributed by atoms with E-state index in [9.17, 15) is 12.8 Å². The van der Waals surface area contributed by atoms with E-state index in [0.29, 0.717) is 5.56 Å². The van der Waals surface area contributed by atoms with Crippen LogP contribution in [0.2, 0.25) is 0 Å². The second-order valence-electron chi connectivity index (χ2n) is 5.89. The molecule has 0 N–H and O–H groups in total. The minimum absolute atomic E-state index is 0.0303. The van der Waals surface area contributed by atoms with Gasteiger partial charge in [0, 0.05) is 0 Å². The van der Waals surface area contributed by atoms with E-state index in [4.69, 9.17) is 6.42 Å². The SMILES string of the molecule is C#CCN(C1CCc2ccccc21)S(=O)(=O)Cc1ccc(F)cc1. The van der Waals surface area contributed by atoms with Crippen LogP contribution in [0.5, 0.6) is 0 Å². The Bertz CT molecular complexity index is 869. The summed E-state index contributed by atoms with van der Waals surface area (Å²) in [5.41, 5.74) is 2.74. The highest BCUT2D eigenvalue weighted by Gasteiger charge is 2.34. The van der Waals surface area contributed by atoms with Crippen LogP contribution in [0.3, 0.4) is 0 Å². The summed E-state index contributed by atoms with van der Waals surface area (Å²) in [4.78, 5) is 0. The Balaban J connectivity index is 1.90. The van der Waals surface area contributed by atoms with Gasteiger partial charge in [0.25, 0.3) is 0 Å². The Morgan fingerprint density at radius 1 is 1.17 bits per heavy atom. The second-order valence-corrected chi connectivity index (χ2v) is 7.81. The highest BCUT2D eigenvalue weighted by molar-refractivity contribution is 7.88. The summed E-state index contributed by atoms with van der Waals surface area (Å²) >= 11 is 0. The van der Waals surface area contributed by atoms with Crippen LogP contribution in [-0.4, -0.2) is 19.3 Å². The van der Waals surface area contributed by atoms with Crippen molar-refractivity contribution < 1.29 is 12.8 Å². The molecule has 2 aromatic rings. The smallest absolute Gasteiger partial charge is 0.212 e. The van der Waals surface area contributed by atoms with E-state index in [1.54, 1.807) is 0 Å². The normalized spacial score (nSPS) is 16.8. The van der Waals surface area contributed by atoms with Crippen LogP contribution < -0.4 is 0 Å². The Labute approximate surface area is 142 Å². The molecule has 0 amide bonds. The van der Waals surface area contributed by atoms with Crippen LogP contribution in [0.4, 0.5) is 4.39 Å². The number of hydrogen-bond acceptors (Lipinski definition) is 2. The van der Waals surface area contributed by atoms with Crippen LogP contribution >= 0.6 is 0 Å². The van der Waals surface area contributed by atoms with E-state index >= 15 is 0 Å². The largest absolute Gasteiger partial charge is 0.219 e. The first-order chi connectivity index (χ1) is 11.5. The average Bonchev–Trinajstić information content (AvgIpc) is 2.98. The average molecular weight is 343 g/mol. The van der Waals surface area contributed by atoms with Crippen molar-refractivity contribution in [3.05, 3.63) is 71.0 Å². The Morgan fingerprint density at radius 2 is 1.88 bits per heavy atom. The number of sulfonamides is 1. The van der Waals surface area contributed by atoms with E-state index in [1.807, 2.05) is 24.3 Å². The molecule has 5 heteroatoms. The van der Waals surface area contributed by atoms with Gasteiger partial charge in [-0.3, -0.25) is 0 Å². The first-order valence-electron chi connectivity index (χ1n) is 7.76. The van der Waals surface area contributed by atoms with Crippen molar-refractivity contribution in [2.75, 3.05) is 6.54 Å². The maximum atomic E-state index is 13.0. The first kappa shape index (κ1) is 16.7. The zero-order chi connectivity index (χ0) is 17.2. The lowest BCUT2D eigenvalue weighted by atomic mass is 10.1. The maximum Gasteiger partial charge on any atom is 0.219 e. The third-order valence-corrected chi connectivity index (χ3v) is 6.11. The molecule has 124 valence electrons. The first-order valence-corrected chi connectivity index (χ1v) is 9.37. The standard InChI is InChI=1S/C19H18FNO2S/c1-2-13-21(19-12-9-16-5-3-4-6-18(16)19)24(22,23)14-15-7-10-17(20)11-8-15/h1,3-8,10-11,19H,9,12-14H2. The number of rotatable bonds is 5. The van der Waals surface area contributed by atoms with E-state index in [-0.39, 0.29) is 24.2 Å². The van der Waals surface area contributed by atoms with Crippen LogP contribution in [-0.2, 0) is 22.2 Å². The van der Waals surface area contributed by atoms with Crippen LogP contribution in [0.1, 0.15) is 29.2 Å². The molecule has 0 aliphatic heterocycles. The molecule has 0 saturated carbocycles. The lowest BCUT2D eigenvalue weighted by Crippen LogP contribution is -2.35. The van der Waals surface area contributed by atoms with Crippen molar-refractivity contribution in [1.29, 1.82) is 0 Å². The molecule has 0 fully saturated rings. The van der Waals surface area contributed by atoms with Gasteiger partial charge in [-0.1, -0.05) is 42.3 Å². The van der Waals surface area contributed by atoms with E-state index in [0.717, 1.165) is 18.4 Å². The van der Waals surface area contributed by atoms with Gasteiger partial charge in [-0.25, -0.2) is 12.8 Å². The summed E-state index contributed by atoms with van der Waals surface area (Å²) in [5.74, 6) is 1.89. The molecule has 1 aliphatic rings. The highest BCUT2D eigenvalue weighted by Crippen LogP contribution is 2.37. The number of nitrogens with zero attached hydrogens (tertiary/aromatic N) is 1. The summed E-state index contributed by atoms with van der Waals surface area (Å²) in [6, 6.07) is 13.1. The van der Waals surface area contributed by atoms with Gasteiger partial charge in [0.1, 0.15) is 5.82 Å². The van der Waals surface area contributed by atoms with E-state index in [2.05, 4.69) is 5.92 Å². The van der Waals surface area contributed by atoms with Crippen molar-refractivity contribution >= 4 is 10.0 Å². The van der Waals surface area contributed by atoms with Gasteiger partial charge in [-0.2, -0.15) is 4.31 Å². The molecule has 1 aliphatic carbocycles. The summed E-state index contributed by atoms with van der Waals surface area (Å²) in [6.07, 6.45) is 6.99. The number of fused-ring (bicyclic) bond motifs is 1. The Kier molecular flexibility index (Phi) is 4.70. The number of hydrogen-bond donors (Lipinski definition) is 0. The predicted octanol–water partition coefficient (Wildman–Crippen LogP) is 3.28. The fourth-order valence-corrected chi connectivity index (χ4v) is 4.86. The molecule has 2 aromatic carbocycles.